The van der Waals surface area contributed by atoms with Crippen LogP contribution in [0.5, 0.6) is 5.75 Å². The first-order valence-corrected chi connectivity index (χ1v) is 11.7. The second kappa shape index (κ2) is 7.97. The van der Waals surface area contributed by atoms with Crippen LogP contribution in [0.4, 0.5) is 4.39 Å². The Morgan fingerprint density at radius 1 is 1.28 bits per heavy atom. The number of imide groups is 1. The van der Waals surface area contributed by atoms with Crippen molar-refractivity contribution >= 4 is 34.6 Å². The fraction of sp³-hybridized carbons (Fsp3) is 0.346. The minimum Gasteiger partial charge on any atom is -0.494 e. The maximum Gasteiger partial charge on any atom is 0.257 e. The lowest BCUT2D eigenvalue weighted by atomic mass is 9.82. The Hall–Kier alpha value is -4.08. The zero-order chi connectivity index (χ0) is 25.2. The summed E-state index contributed by atoms with van der Waals surface area (Å²) in [4.78, 5) is 56.8. The Labute approximate surface area is 204 Å². The first-order chi connectivity index (χ1) is 17.3. The average Bonchev–Trinajstić information content (AvgIpc) is 3.34. The van der Waals surface area contributed by atoms with E-state index in [2.05, 4.69) is 10.3 Å². The van der Waals surface area contributed by atoms with Crippen molar-refractivity contribution in [1.82, 2.24) is 15.2 Å². The summed E-state index contributed by atoms with van der Waals surface area (Å²) in [6.45, 7) is -0.135. The molecule has 1 saturated heterocycles. The summed E-state index contributed by atoms with van der Waals surface area (Å²) < 4.78 is 25.8. The van der Waals surface area contributed by atoms with Crippen LogP contribution in [0.2, 0.25) is 0 Å². The molecule has 3 aromatic rings. The number of methoxy groups -OCH3 is 1. The van der Waals surface area contributed by atoms with Crippen molar-refractivity contribution in [2.24, 2.45) is 5.92 Å². The highest BCUT2D eigenvalue weighted by Crippen LogP contribution is 2.40. The Bertz CT molecular complexity index is 1480. The normalized spacial score (nSPS) is 21.3. The fourth-order valence-electron chi connectivity index (χ4n) is 5.06. The van der Waals surface area contributed by atoms with E-state index in [0.29, 0.717) is 34.6 Å². The van der Waals surface area contributed by atoms with E-state index < -0.39 is 29.0 Å². The molecule has 1 N–H and O–H groups in total. The van der Waals surface area contributed by atoms with Crippen LogP contribution in [0.1, 0.15) is 57.7 Å². The van der Waals surface area contributed by atoms with Gasteiger partial charge in [0.15, 0.2) is 22.9 Å². The number of Topliss-reactive ketones (excluding diaryl/α,β-unsaturated/α-hetero) is 1. The number of carbonyl (C=O) groups excluding carboxylic acids is 4. The predicted octanol–water partition coefficient (Wildman–Crippen LogP) is 2.90. The molecule has 1 aliphatic carbocycles. The van der Waals surface area contributed by atoms with Crippen LogP contribution in [0, 0.1) is 11.7 Å². The molecule has 2 aliphatic heterocycles. The molecule has 36 heavy (non-hydrogen) atoms. The Kier molecular flexibility index (Phi) is 4.96. The van der Waals surface area contributed by atoms with Crippen LogP contribution in [-0.4, -0.2) is 47.0 Å². The van der Waals surface area contributed by atoms with Crippen molar-refractivity contribution in [2.75, 3.05) is 13.7 Å². The Balaban J connectivity index is 1.35. The van der Waals surface area contributed by atoms with E-state index in [1.807, 2.05) is 0 Å². The van der Waals surface area contributed by atoms with Gasteiger partial charge in [-0.2, -0.15) is 0 Å². The maximum atomic E-state index is 14.8. The van der Waals surface area contributed by atoms with E-state index in [-0.39, 0.29) is 42.4 Å². The van der Waals surface area contributed by atoms with Crippen LogP contribution in [0.15, 0.2) is 34.9 Å². The molecule has 3 amide bonds. The Morgan fingerprint density at radius 3 is 2.78 bits per heavy atom. The minimum atomic E-state index is -1.52. The fourth-order valence-corrected chi connectivity index (χ4v) is 5.06. The molecule has 0 bridgehead atoms. The van der Waals surface area contributed by atoms with Gasteiger partial charge in [0.2, 0.25) is 11.8 Å². The zero-order valence-electron chi connectivity index (χ0n) is 19.4. The van der Waals surface area contributed by atoms with Crippen molar-refractivity contribution in [3.8, 4) is 5.75 Å². The number of nitrogens with one attached hydrogen (secondary N) is 1. The standard InChI is InChI=1S/C26H22FN3O6/c1-35-18-5-4-14-11-30(24(33)22(14)23(18)27)12-26(9-21(32)29-25(26)34)20-8-16-19(36-20)7-15(10-28-16)17(31)6-13-2-3-13/h4-5,7-8,10,13H,2-3,6,9,11-12H2,1H3,(H,29,32,34)/t26-/m1/s1. The number of amides is 3. The SMILES string of the molecule is COc1ccc2c(c1F)C(=O)N(C[C@@]1(c3cc4ncc(C(=O)CC5CC5)cc4o3)CC(=O)NC1=O)C2. The molecule has 2 aromatic heterocycles. The lowest BCUT2D eigenvalue weighted by molar-refractivity contribution is -0.127. The summed E-state index contributed by atoms with van der Waals surface area (Å²) in [5.41, 5.74) is -0.0152. The topological polar surface area (TPSA) is 119 Å². The summed E-state index contributed by atoms with van der Waals surface area (Å²) in [6, 6.07) is 6.20. The van der Waals surface area contributed by atoms with Crippen LogP contribution in [0.3, 0.4) is 0 Å². The van der Waals surface area contributed by atoms with Gasteiger partial charge in [-0.15, -0.1) is 0 Å². The lowest BCUT2D eigenvalue weighted by Gasteiger charge is -2.28. The van der Waals surface area contributed by atoms with Gasteiger partial charge in [0, 0.05) is 37.3 Å². The van der Waals surface area contributed by atoms with Crippen LogP contribution < -0.4 is 10.1 Å². The van der Waals surface area contributed by atoms with Gasteiger partial charge in [-0.05, 0) is 36.5 Å². The summed E-state index contributed by atoms with van der Waals surface area (Å²) in [7, 11) is 1.31. The molecule has 0 radical (unpaired) electrons. The van der Waals surface area contributed by atoms with Crippen molar-refractivity contribution in [3.05, 3.63) is 58.7 Å². The highest BCUT2D eigenvalue weighted by atomic mass is 19.1. The number of halogens is 1. The molecule has 0 spiro atoms. The number of ketones is 1. The maximum absolute atomic E-state index is 14.8. The second-order valence-electron chi connectivity index (χ2n) is 9.70. The summed E-state index contributed by atoms with van der Waals surface area (Å²) >= 11 is 0. The third-order valence-electron chi connectivity index (χ3n) is 7.22. The number of pyridine rings is 1. The first-order valence-electron chi connectivity index (χ1n) is 11.7. The molecule has 0 unspecified atom stereocenters. The number of fused-ring (bicyclic) bond motifs is 2. The number of hydrogen-bond acceptors (Lipinski definition) is 7. The van der Waals surface area contributed by atoms with Crippen LogP contribution >= 0.6 is 0 Å². The van der Waals surface area contributed by atoms with Gasteiger partial charge in [-0.25, -0.2) is 4.39 Å². The van der Waals surface area contributed by atoms with Gasteiger partial charge < -0.3 is 14.1 Å². The number of aromatic nitrogens is 1. The molecule has 184 valence electrons. The molecule has 9 nitrogen and oxygen atoms in total. The molecule has 2 fully saturated rings. The van der Waals surface area contributed by atoms with E-state index in [4.69, 9.17) is 9.15 Å². The van der Waals surface area contributed by atoms with Gasteiger partial charge in [-0.1, -0.05) is 6.07 Å². The van der Waals surface area contributed by atoms with Gasteiger partial charge >= 0.3 is 0 Å². The molecule has 1 aromatic carbocycles. The quantitative estimate of drug-likeness (QED) is 0.399. The second-order valence-corrected chi connectivity index (χ2v) is 9.70. The number of hydrogen-bond donors (Lipinski definition) is 1. The molecule has 6 rings (SSSR count). The highest BCUT2D eigenvalue weighted by Gasteiger charge is 2.53. The number of carbonyl (C=O) groups is 4. The third-order valence-corrected chi connectivity index (χ3v) is 7.22. The van der Waals surface area contributed by atoms with Crippen molar-refractivity contribution in [3.63, 3.8) is 0 Å². The summed E-state index contributed by atoms with van der Waals surface area (Å²) in [5.74, 6) is -1.99. The number of furan rings is 1. The van der Waals surface area contributed by atoms with E-state index in [1.54, 1.807) is 18.2 Å². The van der Waals surface area contributed by atoms with Crippen molar-refractivity contribution in [1.29, 1.82) is 0 Å². The summed E-state index contributed by atoms with van der Waals surface area (Å²) in [5, 5.41) is 2.30. The zero-order valence-corrected chi connectivity index (χ0v) is 19.4. The largest absolute Gasteiger partial charge is 0.494 e. The van der Waals surface area contributed by atoms with E-state index in [1.165, 1.54) is 24.3 Å². The van der Waals surface area contributed by atoms with Crippen molar-refractivity contribution in [2.45, 2.75) is 37.6 Å². The molecular weight excluding hydrogens is 469 g/mol. The van der Waals surface area contributed by atoms with Crippen LogP contribution in [-0.2, 0) is 21.5 Å². The Morgan fingerprint density at radius 2 is 2.08 bits per heavy atom. The third kappa shape index (κ3) is 3.47. The number of nitrogens with zero attached hydrogens (tertiary/aromatic N) is 2. The molecule has 1 saturated carbocycles. The summed E-state index contributed by atoms with van der Waals surface area (Å²) in [6.07, 6.45) is 3.79. The number of rotatable bonds is 7. The van der Waals surface area contributed by atoms with Crippen LogP contribution in [0.25, 0.3) is 11.1 Å². The molecule has 1 atom stereocenters. The number of ether oxygens (including phenoxy) is 1. The first kappa shape index (κ1) is 22.4. The van der Waals surface area contributed by atoms with E-state index >= 15 is 0 Å². The molecule has 4 heterocycles. The van der Waals surface area contributed by atoms with E-state index in [9.17, 15) is 23.6 Å². The van der Waals surface area contributed by atoms with Gasteiger partial charge in [-0.3, -0.25) is 29.5 Å². The smallest absolute Gasteiger partial charge is 0.257 e. The van der Waals surface area contributed by atoms with Gasteiger partial charge in [0.1, 0.15) is 16.7 Å². The molecule has 10 heteroatoms. The molecule has 3 aliphatic rings. The highest BCUT2D eigenvalue weighted by molar-refractivity contribution is 6.10. The molecular formula is C26H22FN3O6. The predicted molar refractivity (Wildman–Crippen MR) is 123 cm³/mol. The van der Waals surface area contributed by atoms with Crippen molar-refractivity contribution < 1.29 is 32.7 Å². The number of benzene rings is 1. The lowest BCUT2D eigenvalue weighted by Crippen LogP contribution is -2.46. The van der Waals surface area contributed by atoms with Gasteiger partial charge in [0.05, 0.1) is 19.1 Å². The minimum absolute atomic E-state index is 0.0220. The van der Waals surface area contributed by atoms with E-state index in [0.717, 1.165) is 12.8 Å². The average molecular weight is 491 g/mol. The monoisotopic (exact) mass is 491 g/mol. The van der Waals surface area contributed by atoms with Gasteiger partial charge in [0.25, 0.3) is 5.91 Å².